The van der Waals surface area contributed by atoms with Crippen LogP contribution in [-0.2, 0) is 22.2 Å². The van der Waals surface area contributed by atoms with E-state index in [0.717, 1.165) is 22.5 Å². The molecule has 39 heavy (non-hydrogen) atoms. The third-order valence-electron chi connectivity index (χ3n) is 5.88. The van der Waals surface area contributed by atoms with Gasteiger partial charge in [-0.3, -0.25) is 4.31 Å². The first-order valence-corrected chi connectivity index (χ1v) is 12.5. The number of hydrogen-bond acceptors (Lipinski definition) is 6. The van der Waals surface area contributed by atoms with Crippen LogP contribution in [0.5, 0.6) is 11.5 Å². The monoisotopic (exact) mass is 572 g/mol. The molecule has 1 aliphatic heterocycles. The van der Waals surface area contributed by atoms with E-state index in [1.807, 2.05) is 0 Å². The van der Waals surface area contributed by atoms with Crippen LogP contribution in [0.3, 0.4) is 0 Å². The number of nitriles is 1. The molecular formula is C25H18F6N2O5S. The Bertz CT molecular complexity index is 1500. The van der Waals surface area contributed by atoms with Crippen LogP contribution < -0.4 is 13.8 Å². The van der Waals surface area contributed by atoms with Gasteiger partial charge in [0.25, 0.3) is 15.6 Å². The smallest absolute Gasteiger partial charge is 0.430 e. The van der Waals surface area contributed by atoms with Gasteiger partial charge < -0.3 is 14.6 Å². The van der Waals surface area contributed by atoms with Gasteiger partial charge >= 0.3 is 12.4 Å². The standard InChI is InChI=1S/C25H18F6N2O5S/c26-24(27,28)23(34,25(29,30)31)18-5-7-19(8-6-18)33(39(35,36)20-3-1-2-16(12-20)14-32)15-17-4-9-21-22(13-17)38-11-10-37-21/h1-9,12-13,34H,10-11,15H2. The highest BCUT2D eigenvalue weighted by Gasteiger charge is 2.71. The first kappa shape index (κ1) is 28.1. The second-order valence-electron chi connectivity index (χ2n) is 8.38. The molecule has 1 N–H and O–H groups in total. The van der Waals surface area contributed by atoms with Crippen molar-refractivity contribution in [2.75, 3.05) is 17.5 Å². The van der Waals surface area contributed by atoms with Crippen LogP contribution in [0.1, 0.15) is 16.7 Å². The Labute approximate surface area is 218 Å². The van der Waals surface area contributed by atoms with Crippen molar-refractivity contribution in [3.05, 3.63) is 83.4 Å². The van der Waals surface area contributed by atoms with Gasteiger partial charge in [0.15, 0.2) is 11.5 Å². The van der Waals surface area contributed by atoms with Crippen LogP contribution in [-0.4, -0.2) is 39.1 Å². The van der Waals surface area contributed by atoms with Crippen LogP contribution >= 0.6 is 0 Å². The highest BCUT2D eigenvalue weighted by Crippen LogP contribution is 2.50. The first-order chi connectivity index (χ1) is 18.2. The van der Waals surface area contributed by atoms with Gasteiger partial charge in [0.05, 0.1) is 28.8 Å². The van der Waals surface area contributed by atoms with E-state index in [1.165, 1.54) is 36.4 Å². The van der Waals surface area contributed by atoms with Gasteiger partial charge in [0.1, 0.15) is 13.2 Å². The lowest BCUT2D eigenvalue weighted by Gasteiger charge is -2.33. The second kappa shape index (κ2) is 9.97. The molecule has 14 heteroatoms. The number of halogens is 6. The fourth-order valence-electron chi connectivity index (χ4n) is 3.88. The number of nitrogens with zero attached hydrogens (tertiary/aromatic N) is 2. The minimum atomic E-state index is -6.11. The molecule has 0 aromatic heterocycles. The highest BCUT2D eigenvalue weighted by molar-refractivity contribution is 7.92. The molecule has 0 saturated heterocycles. The van der Waals surface area contributed by atoms with Crippen molar-refractivity contribution >= 4 is 15.7 Å². The number of anilines is 1. The van der Waals surface area contributed by atoms with Crippen molar-refractivity contribution in [2.24, 2.45) is 0 Å². The normalized spacial score (nSPS) is 14.0. The maximum absolute atomic E-state index is 13.6. The predicted molar refractivity (Wildman–Crippen MR) is 124 cm³/mol. The summed E-state index contributed by atoms with van der Waals surface area (Å²) in [4.78, 5) is -0.342. The van der Waals surface area contributed by atoms with E-state index in [2.05, 4.69) is 0 Å². The van der Waals surface area contributed by atoms with Crippen LogP contribution in [0.4, 0.5) is 32.0 Å². The van der Waals surface area contributed by atoms with Crippen molar-refractivity contribution in [1.82, 2.24) is 0 Å². The Hall–Kier alpha value is -3.96. The molecule has 0 atom stereocenters. The summed E-state index contributed by atoms with van der Waals surface area (Å²) >= 11 is 0. The van der Waals surface area contributed by atoms with E-state index in [4.69, 9.17) is 9.47 Å². The first-order valence-electron chi connectivity index (χ1n) is 11.1. The molecule has 0 unspecified atom stereocenters. The van der Waals surface area contributed by atoms with Gasteiger partial charge in [-0.1, -0.05) is 24.3 Å². The number of aliphatic hydroxyl groups is 1. The maximum atomic E-state index is 13.6. The van der Waals surface area contributed by atoms with E-state index in [1.54, 1.807) is 6.07 Å². The number of rotatable bonds is 6. The summed E-state index contributed by atoms with van der Waals surface area (Å²) in [5.41, 5.74) is -6.67. The predicted octanol–water partition coefficient (Wildman–Crippen LogP) is 5.04. The van der Waals surface area contributed by atoms with Crippen LogP contribution in [0.15, 0.2) is 71.6 Å². The third kappa shape index (κ3) is 5.19. The van der Waals surface area contributed by atoms with Crippen LogP contribution in [0, 0.1) is 11.3 Å². The molecule has 3 aromatic carbocycles. The number of alkyl halides is 6. The Morgan fingerprint density at radius 3 is 2.08 bits per heavy atom. The molecule has 0 spiro atoms. The van der Waals surface area contributed by atoms with Crippen LogP contribution in [0.2, 0.25) is 0 Å². The van der Waals surface area contributed by atoms with Gasteiger partial charge in [-0.2, -0.15) is 31.6 Å². The van der Waals surface area contributed by atoms with Crippen LogP contribution in [0.25, 0.3) is 0 Å². The maximum Gasteiger partial charge on any atom is 0.430 e. The summed E-state index contributed by atoms with van der Waals surface area (Å²) in [5.74, 6) is 0.724. The fraction of sp³-hybridized carbons (Fsp3) is 0.240. The van der Waals surface area contributed by atoms with E-state index < -0.39 is 40.1 Å². The molecule has 1 aliphatic rings. The number of sulfonamides is 1. The van der Waals surface area contributed by atoms with Gasteiger partial charge in [-0.15, -0.1) is 0 Å². The highest BCUT2D eigenvalue weighted by atomic mass is 32.2. The van der Waals surface area contributed by atoms with Crippen molar-refractivity contribution in [2.45, 2.75) is 29.4 Å². The molecule has 206 valence electrons. The molecule has 0 amide bonds. The third-order valence-corrected chi connectivity index (χ3v) is 7.65. The van der Waals surface area contributed by atoms with E-state index in [0.29, 0.717) is 35.8 Å². The molecule has 0 bridgehead atoms. The Balaban J connectivity index is 1.81. The number of fused-ring (bicyclic) bond motifs is 1. The fourth-order valence-corrected chi connectivity index (χ4v) is 5.38. The van der Waals surface area contributed by atoms with Crippen molar-refractivity contribution in [1.29, 1.82) is 5.26 Å². The summed E-state index contributed by atoms with van der Waals surface area (Å²) in [6, 6.07) is 13.4. The lowest BCUT2D eigenvalue weighted by molar-refractivity contribution is -0.376. The zero-order valence-corrected chi connectivity index (χ0v) is 20.4. The topological polar surface area (TPSA) is 99.9 Å². The molecule has 1 heterocycles. The van der Waals surface area contributed by atoms with Gasteiger partial charge in [0.2, 0.25) is 0 Å². The number of benzene rings is 3. The van der Waals surface area contributed by atoms with Crippen molar-refractivity contribution < 1.29 is 49.3 Å². The minimum Gasteiger partial charge on any atom is -0.486 e. The number of hydrogen-bond donors (Lipinski definition) is 1. The molecule has 3 aromatic rings. The lowest BCUT2D eigenvalue weighted by Crippen LogP contribution is -2.53. The van der Waals surface area contributed by atoms with Gasteiger partial charge in [-0.05, 0) is 48.0 Å². The Morgan fingerprint density at radius 1 is 0.872 bits per heavy atom. The molecule has 4 rings (SSSR count). The minimum absolute atomic E-state index is 0.00567. The average Bonchev–Trinajstić information content (AvgIpc) is 2.90. The molecule has 0 aliphatic carbocycles. The zero-order chi connectivity index (χ0) is 28.6. The summed E-state index contributed by atoms with van der Waals surface area (Å²) < 4.78 is 119. The zero-order valence-electron chi connectivity index (χ0n) is 19.6. The quantitative estimate of drug-likeness (QED) is 0.416. The summed E-state index contributed by atoms with van der Waals surface area (Å²) in [7, 11) is -4.51. The molecule has 7 nitrogen and oxygen atoms in total. The van der Waals surface area contributed by atoms with Gasteiger partial charge in [0, 0.05) is 5.56 Å². The Kier molecular flexibility index (Phi) is 7.18. The molecule has 0 fully saturated rings. The summed E-state index contributed by atoms with van der Waals surface area (Å²) in [6.07, 6.45) is -12.2. The van der Waals surface area contributed by atoms with E-state index >= 15 is 0 Å². The Morgan fingerprint density at radius 2 is 1.49 bits per heavy atom. The molecule has 0 radical (unpaired) electrons. The van der Waals surface area contributed by atoms with Crippen molar-refractivity contribution in [3.63, 3.8) is 0 Å². The van der Waals surface area contributed by atoms with Gasteiger partial charge in [-0.25, -0.2) is 8.42 Å². The molecular weight excluding hydrogens is 554 g/mol. The summed E-state index contributed by atoms with van der Waals surface area (Å²) in [5, 5.41) is 18.9. The molecule has 0 saturated carbocycles. The van der Waals surface area contributed by atoms with E-state index in [-0.39, 0.29) is 22.8 Å². The largest absolute Gasteiger partial charge is 0.486 e. The van der Waals surface area contributed by atoms with Crippen molar-refractivity contribution in [3.8, 4) is 17.6 Å². The van der Waals surface area contributed by atoms with E-state index in [9.17, 15) is 45.1 Å². The average molecular weight is 572 g/mol. The second-order valence-corrected chi connectivity index (χ2v) is 10.2. The SMILES string of the molecule is N#Cc1cccc(S(=O)(=O)N(Cc2ccc3c(c2)OCCO3)c2ccc(C(O)(C(F)(F)F)C(F)(F)F)cc2)c1. The summed E-state index contributed by atoms with van der Waals surface area (Å²) in [6.45, 7) is 0.122. The number of ether oxygens (including phenoxy) is 2. The lowest BCUT2D eigenvalue weighted by atomic mass is 9.92.